The minimum atomic E-state index is 0. The molecule has 2 aliphatic rings. The number of carbonyl (C=O) groups is 1. The van der Waals surface area contributed by atoms with E-state index in [9.17, 15) is 4.79 Å². The van der Waals surface area contributed by atoms with Gasteiger partial charge in [0, 0.05) is 31.3 Å². The molecule has 2 saturated carbocycles. The molecule has 6 nitrogen and oxygen atoms in total. The predicted octanol–water partition coefficient (Wildman–Crippen LogP) is 2.72. The highest BCUT2D eigenvalue weighted by Gasteiger charge is 2.28. The van der Waals surface area contributed by atoms with Crippen molar-refractivity contribution in [2.45, 2.75) is 76.2 Å². The third kappa shape index (κ3) is 5.45. The molecule has 136 valence electrons. The molecule has 3 N–H and O–H groups in total. The predicted molar refractivity (Wildman–Crippen MR) is 94.0 cm³/mol. The van der Waals surface area contributed by atoms with Gasteiger partial charge in [0.2, 0.25) is 11.8 Å². The van der Waals surface area contributed by atoms with Gasteiger partial charge < -0.3 is 15.6 Å². The molecule has 3 rings (SSSR count). The molecule has 1 aromatic rings. The smallest absolute Gasteiger partial charge is 0.226 e. The molecule has 0 radical (unpaired) electrons. The van der Waals surface area contributed by atoms with Gasteiger partial charge in [0.05, 0.1) is 0 Å². The van der Waals surface area contributed by atoms with Crippen LogP contribution in [0.4, 0.5) is 0 Å². The zero-order chi connectivity index (χ0) is 16.1. The summed E-state index contributed by atoms with van der Waals surface area (Å²) in [4.78, 5) is 16.5. The Morgan fingerprint density at radius 3 is 2.67 bits per heavy atom. The SMILES string of the molecule is Cl.NCC(NC(=O)CCCc1nc(C2CC2)no1)C1CCCCC1. The summed E-state index contributed by atoms with van der Waals surface area (Å²) in [5.74, 6) is 2.65. The van der Waals surface area contributed by atoms with Crippen molar-refractivity contribution in [2.75, 3.05) is 6.54 Å². The van der Waals surface area contributed by atoms with Crippen LogP contribution in [0.15, 0.2) is 4.52 Å². The number of aryl methyl sites for hydroxylation is 1. The average Bonchev–Trinajstić information content (AvgIpc) is 3.33. The fourth-order valence-corrected chi connectivity index (χ4v) is 3.46. The van der Waals surface area contributed by atoms with Crippen LogP contribution in [0.2, 0.25) is 0 Å². The van der Waals surface area contributed by atoms with E-state index in [1.54, 1.807) is 0 Å². The van der Waals surface area contributed by atoms with E-state index in [4.69, 9.17) is 10.3 Å². The largest absolute Gasteiger partial charge is 0.352 e. The molecule has 1 heterocycles. The molecule has 2 fully saturated rings. The molecular weight excluding hydrogens is 328 g/mol. The summed E-state index contributed by atoms with van der Waals surface area (Å²) >= 11 is 0. The quantitative estimate of drug-likeness (QED) is 0.746. The molecule has 1 aromatic heterocycles. The second-order valence-corrected chi connectivity index (χ2v) is 6.98. The molecule has 0 aromatic carbocycles. The number of nitrogens with zero attached hydrogens (tertiary/aromatic N) is 2. The number of amides is 1. The van der Waals surface area contributed by atoms with Crippen LogP contribution in [-0.4, -0.2) is 28.6 Å². The third-order valence-corrected chi connectivity index (χ3v) is 5.04. The van der Waals surface area contributed by atoms with Crippen molar-refractivity contribution in [3.63, 3.8) is 0 Å². The van der Waals surface area contributed by atoms with E-state index >= 15 is 0 Å². The number of halogens is 1. The summed E-state index contributed by atoms with van der Waals surface area (Å²) in [6, 6.07) is 0.132. The van der Waals surface area contributed by atoms with Gasteiger partial charge in [0.1, 0.15) is 0 Å². The van der Waals surface area contributed by atoms with Crippen molar-refractivity contribution in [1.29, 1.82) is 0 Å². The zero-order valence-electron chi connectivity index (χ0n) is 14.2. The van der Waals surface area contributed by atoms with Crippen LogP contribution in [-0.2, 0) is 11.2 Å². The van der Waals surface area contributed by atoms with E-state index in [1.807, 2.05) is 0 Å². The number of hydrogen-bond acceptors (Lipinski definition) is 5. The van der Waals surface area contributed by atoms with Crippen LogP contribution >= 0.6 is 12.4 Å². The summed E-state index contributed by atoms with van der Waals surface area (Å²) in [6.45, 7) is 0.533. The van der Waals surface area contributed by atoms with Crippen molar-refractivity contribution in [3.05, 3.63) is 11.7 Å². The van der Waals surface area contributed by atoms with Crippen LogP contribution in [0, 0.1) is 5.92 Å². The number of nitrogens with two attached hydrogens (primary N) is 1. The first-order valence-electron chi connectivity index (χ1n) is 9.08. The van der Waals surface area contributed by atoms with E-state index in [-0.39, 0.29) is 24.4 Å². The third-order valence-electron chi connectivity index (χ3n) is 5.04. The fraction of sp³-hybridized carbons (Fsp3) is 0.824. The molecule has 7 heteroatoms. The van der Waals surface area contributed by atoms with Crippen molar-refractivity contribution in [1.82, 2.24) is 15.5 Å². The van der Waals surface area contributed by atoms with Gasteiger partial charge in [-0.2, -0.15) is 4.98 Å². The number of carbonyl (C=O) groups excluding carboxylic acids is 1. The number of hydrogen-bond donors (Lipinski definition) is 2. The maximum atomic E-state index is 12.1. The Hall–Kier alpha value is -1.14. The minimum Gasteiger partial charge on any atom is -0.352 e. The highest BCUT2D eigenvalue weighted by molar-refractivity contribution is 5.85. The van der Waals surface area contributed by atoms with Gasteiger partial charge in [-0.3, -0.25) is 4.79 Å². The molecule has 1 atom stereocenters. The van der Waals surface area contributed by atoms with Crippen molar-refractivity contribution in [2.24, 2.45) is 11.7 Å². The van der Waals surface area contributed by atoms with Gasteiger partial charge in [-0.25, -0.2) is 0 Å². The van der Waals surface area contributed by atoms with E-state index in [2.05, 4.69) is 15.5 Å². The molecule has 0 saturated heterocycles. The topological polar surface area (TPSA) is 94.0 Å². The monoisotopic (exact) mass is 356 g/mol. The standard InChI is InChI=1S/C17H28N4O2.ClH/c18-11-14(12-5-2-1-3-6-12)19-15(22)7-4-8-16-20-17(21-23-16)13-9-10-13;/h12-14H,1-11,18H2,(H,19,22);1H. The van der Waals surface area contributed by atoms with Crippen LogP contribution in [0.25, 0.3) is 0 Å². The Morgan fingerprint density at radius 1 is 1.25 bits per heavy atom. The van der Waals surface area contributed by atoms with E-state index in [0.29, 0.717) is 37.1 Å². The molecule has 0 spiro atoms. The summed E-state index contributed by atoms with van der Waals surface area (Å²) < 4.78 is 5.23. The van der Waals surface area contributed by atoms with Gasteiger partial charge >= 0.3 is 0 Å². The normalized spacial score (nSPS) is 19.5. The van der Waals surface area contributed by atoms with Gasteiger partial charge in [0.15, 0.2) is 5.82 Å². The molecule has 2 aliphatic carbocycles. The fourth-order valence-electron chi connectivity index (χ4n) is 3.46. The van der Waals surface area contributed by atoms with Gasteiger partial charge in [-0.1, -0.05) is 24.4 Å². The lowest BCUT2D eigenvalue weighted by Gasteiger charge is -2.30. The highest BCUT2D eigenvalue weighted by Crippen LogP contribution is 2.38. The van der Waals surface area contributed by atoms with Crippen LogP contribution < -0.4 is 11.1 Å². The second-order valence-electron chi connectivity index (χ2n) is 6.98. The van der Waals surface area contributed by atoms with Gasteiger partial charge in [-0.15, -0.1) is 12.4 Å². The molecule has 24 heavy (non-hydrogen) atoms. The lowest BCUT2D eigenvalue weighted by molar-refractivity contribution is -0.122. The van der Waals surface area contributed by atoms with Crippen LogP contribution in [0.3, 0.4) is 0 Å². The number of nitrogens with one attached hydrogen (secondary N) is 1. The Labute approximate surface area is 149 Å². The van der Waals surface area contributed by atoms with E-state index in [1.165, 1.54) is 44.9 Å². The summed E-state index contributed by atoms with van der Waals surface area (Å²) in [6.07, 6.45) is 10.5. The van der Waals surface area contributed by atoms with Crippen molar-refractivity contribution in [3.8, 4) is 0 Å². The van der Waals surface area contributed by atoms with E-state index in [0.717, 1.165) is 12.2 Å². The number of rotatable bonds is 8. The van der Waals surface area contributed by atoms with Crippen molar-refractivity contribution >= 4 is 18.3 Å². The lowest BCUT2D eigenvalue weighted by Crippen LogP contribution is -2.45. The molecule has 0 aliphatic heterocycles. The Kier molecular flexibility index (Phi) is 7.49. The molecule has 0 bridgehead atoms. The first-order valence-corrected chi connectivity index (χ1v) is 9.08. The molecular formula is C17H29ClN4O2. The number of aromatic nitrogens is 2. The second kappa shape index (κ2) is 9.37. The van der Waals surface area contributed by atoms with E-state index < -0.39 is 0 Å². The average molecular weight is 357 g/mol. The molecule has 1 amide bonds. The zero-order valence-corrected chi connectivity index (χ0v) is 15.0. The minimum absolute atomic E-state index is 0. The Balaban J connectivity index is 0.00000208. The van der Waals surface area contributed by atoms with Gasteiger partial charge in [0.25, 0.3) is 0 Å². The lowest BCUT2D eigenvalue weighted by atomic mass is 9.84. The summed E-state index contributed by atoms with van der Waals surface area (Å²) in [7, 11) is 0. The van der Waals surface area contributed by atoms with Gasteiger partial charge in [-0.05, 0) is 38.0 Å². The molecule has 1 unspecified atom stereocenters. The van der Waals surface area contributed by atoms with Crippen LogP contribution in [0.1, 0.15) is 75.4 Å². The van der Waals surface area contributed by atoms with Crippen LogP contribution in [0.5, 0.6) is 0 Å². The highest BCUT2D eigenvalue weighted by atomic mass is 35.5. The Bertz CT molecular complexity index is 512. The summed E-state index contributed by atoms with van der Waals surface area (Å²) in [5, 5.41) is 7.12. The first kappa shape index (κ1) is 19.2. The summed E-state index contributed by atoms with van der Waals surface area (Å²) in [5.41, 5.74) is 5.86. The first-order chi connectivity index (χ1) is 11.3. The van der Waals surface area contributed by atoms with Crippen molar-refractivity contribution < 1.29 is 9.32 Å². The Morgan fingerprint density at radius 2 is 2.00 bits per heavy atom. The maximum Gasteiger partial charge on any atom is 0.226 e. The maximum absolute atomic E-state index is 12.1.